The van der Waals surface area contributed by atoms with Crippen molar-refractivity contribution in [3.63, 3.8) is 0 Å². The second-order valence-electron chi connectivity index (χ2n) is 7.18. The Hall–Kier alpha value is -1.34. The van der Waals surface area contributed by atoms with Gasteiger partial charge in [0.05, 0.1) is 6.61 Å². The van der Waals surface area contributed by atoms with Crippen LogP contribution in [0.2, 0.25) is 0 Å². The van der Waals surface area contributed by atoms with Crippen LogP contribution in [0.1, 0.15) is 76.7 Å². The number of hydrogen-bond acceptors (Lipinski definition) is 1. The molecule has 0 amide bonds. The van der Waals surface area contributed by atoms with Gasteiger partial charge in [0.1, 0.15) is 0 Å². The van der Waals surface area contributed by atoms with Gasteiger partial charge in [-0.15, -0.1) is 0 Å². The predicted molar refractivity (Wildman–Crippen MR) is 110 cm³/mol. The Bertz CT molecular complexity index is 570. The van der Waals surface area contributed by atoms with Gasteiger partial charge in [0, 0.05) is 6.61 Å². The van der Waals surface area contributed by atoms with Crippen molar-refractivity contribution in [2.24, 2.45) is 0 Å². The Balaban J connectivity index is 1.46. The van der Waals surface area contributed by atoms with E-state index >= 15 is 0 Å². The van der Waals surface area contributed by atoms with E-state index in [2.05, 4.69) is 49.4 Å². The van der Waals surface area contributed by atoms with Gasteiger partial charge in [-0.2, -0.15) is 0 Å². The van der Waals surface area contributed by atoms with Gasteiger partial charge in [0.25, 0.3) is 0 Å². The molecule has 2 aromatic rings. The smallest absolute Gasteiger partial charge is 0.0506 e. The van der Waals surface area contributed by atoms with Crippen LogP contribution in [0.25, 0.3) is 10.8 Å². The Morgan fingerprint density at radius 3 is 2.04 bits per heavy atom. The summed E-state index contributed by atoms with van der Waals surface area (Å²) in [6.45, 7) is 4.04. The van der Waals surface area contributed by atoms with E-state index < -0.39 is 0 Å². The highest BCUT2D eigenvalue weighted by Crippen LogP contribution is 2.19. The van der Waals surface area contributed by atoms with Crippen molar-refractivity contribution in [2.45, 2.75) is 77.6 Å². The van der Waals surface area contributed by atoms with Gasteiger partial charge in [-0.25, -0.2) is 0 Å². The molecule has 0 bridgehead atoms. The molecule has 0 aliphatic heterocycles. The molecule has 0 fully saturated rings. The third-order valence-electron chi connectivity index (χ3n) is 5.04. The van der Waals surface area contributed by atoms with Crippen LogP contribution in [0.4, 0.5) is 0 Å². The minimum Gasteiger partial charge on any atom is -0.381 e. The van der Waals surface area contributed by atoms with Crippen LogP contribution in [0.15, 0.2) is 42.5 Å². The third-order valence-corrected chi connectivity index (χ3v) is 5.04. The molecule has 25 heavy (non-hydrogen) atoms. The lowest BCUT2D eigenvalue weighted by atomic mass is 10.0. The fourth-order valence-electron chi connectivity index (χ4n) is 3.49. The van der Waals surface area contributed by atoms with E-state index in [4.69, 9.17) is 4.74 Å². The first-order valence-corrected chi connectivity index (χ1v) is 10.5. The van der Waals surface area contributed by atoms with Gasteiger partial charge in [-0.1, -0.05) is 107 Å². The molecule has 0 atom stereocenters. The monoisotopic (exact) mass is 340 g/mol. The maximum atomic E-state index is 5.86. The topological polar surface area (TPSA) is 9.23 Å². The van der Waals surface area contributed by atoms with Crippen LogP contribution < -0.4 is 0 Å². The quantitative estimate of drug-likeness (QED) is 0.327. The molecule has 0 saturated carbocycles. The lowest BCUT2D eigenvalue weighted by Crippen LogP contribution is -2.01. The molecule has 0 spiro atoms. The van der Waals surface area contributed by atoms with Crippen molar-refractivity contribution in [1.82, 2.24) is 0 Å². The molecule has 0 aromatic heterocycles. The zero-order chi connectivity index (χ0) is 17.6. The van der Waals surface area contributed by atoms with E-state index in [0.717, 1.165) is 19.6 Å². The second-order valence-corrected chi connectivity index (χ2v) is 7.18. The Morgan fingerprint density at radius 1 is 0.640 bits per heavy atom. The van der Waals surface area contributed by atoms with Crippen molar-refractivity contribution in [1.29, 1.82) is 0 Å². The Kier molecular flexibility index (Phi) is 10.3. The summed E-state index contributed by atoms with van der Waals surface area (Å²) in [4.78, 5) is 0. The first kappa shape index (κ1) is 20.0. The summed E-state index contributed by atoms with van der Waals surface area (Å²) in [5.41, 5.74) is 1.40. The average Bonchev–Trinajstić information content (AvgIpc) is 2.65. The molecule has 0 aliphatic rings. The summed E-state index contributed by atoms with van der Waals surface area (Å²) < 4.78 is 5.86. The fraction of sp³-hybridized carbons (Fsp3) is 0.583. The number of rotatable bonds is 14. The summed E-state index contributed by atoms with van der Waals surface area (Å²) in [5, 5.41) is 2.70. The zero-order valence-corrected chi connectivity index (χ0v) is 16.1. The lowest BCUT2D eigenvalue weighted by Gasteiger charge is -2.08. The molecule has 2 aromatic carbocycles. The highest BCUT2D eigenvalue weighted by molar-refractivity contribution is 5.85. The standard InChI is InChI=1S/C24H36O/c1-2-3-4-5-6-7-8-9-10-13-20-25-21-19-23-17-14-16-22-15-11-12-18-24(22)23/h11-12,14-18H,2-10,13,19-21H2,1H3. The van der Waals surface area contributed by atoms with Crippen molar-refractivity contribution in [3.05, 3.63) is 48.0 Å². The fourth-order valence-corrected chi connectivity index (χ4v) is 3.49. The van der Waals surface area contributed by atoms with Crippen LogP contribution in [0, 0.1) is 0 Å². The van der Waals surface area contributed by atoms with Crippen LogP contribution in [-0.4, -0.2) is 13.2 Å². The summed E-state index contributed by atoms with van der Waals surface area (Å²) in [7, 11) is 0. The van der Waals surface area contributed by atoms with Crippen molar-refractivity contribution >= 4 is 10.8 Å². The van der Waals surface area contributed by atoms with Crippen LogP contribution in [0.5, 0.6) is 0 Å². The lowest BCUT2D eigenvalue weighted by molar-refractivity contribution is 0.133. The minimum atomic E-state index is 0.839. The van der Waals surface area contributed by atoms with Gasteiger partial charge < -0.3 is 4.74 Å². The van der Waals surface area contributed by atoms with E-state index in [1.54, 1.807) is 0 Å². The molecular weight excluding hydrogens is 304 g/mol. The highest BCUT2D eigenvalue weighted by Gasteiger charge is 2.00. The highest BCUT2D eigenvalue weighted by atomic mass is 16.5. The van der Waals surface area contributed by atoms with Gasteiger partial charge in [-0.05, 0) is 29.2 Å². The second kappa shape index (κ2) is 12.9. The molecule has 1 nitrogen and oxygen atoms in total. The first-order chi connectivity index (χ1) is 12.4. The van der Waals surface area contributed by atoms with E-state index in [-0.39, 0.29) is 0 Å². The van der Waals surface area contributed by atoms with Crippen LogP contribution in [-0.2, 0) is 11.2 Å². The van der Waals surface area contributed by atoms with Gasteiger partial charge in [-0.3, -0.25) is 0 Å². The van der Waals surface area contributed by atoms with Crippen LogP contribution in [0.3, 0.4) is 0 Å². The molecule has 0 radical (unpaired) electrons. The number of hydrogen-bond donors (Lipinski definition) is 0. The van der Waals surface area contributed by atoms with Gasteiger partial charge >= 0.3 is 0 Å². The van der Waals surface area contributed by atoms with Crippen molar-refractivity contribution < 1.29 is 4.74 Å². The maximum absolute atomic E-state index is 5.86. The molecule has 2 rings (SSSR count). The summed E-state index contributed by atoms with van der Waals surface area (Å²) in [5.74, 6) is 0. The molecule has 0 aliphatic carbocycles. The molecular formula is C24H36O. The summed E-state index contributed by atoms with van der Waals surface area (Å²) in [6, 6.07) is 15.2. The molecule has 0 unspecified atom stereocenters. The predicted octanol–water partition coefficient (Wildman–Crippen LogP) is 7.32. The summed E-state index contributed by atoms with van der Waals surface area (Å²) in [6.07, 6.45) is 14.8. The molecule has 0 heterocycles. The zero-order valence-electron chi connectivity index (χ0n) is 16.1. The normalized spacial score (nSPS) is 11.2. The number of unbranched alkanes of at least 4 members (excludes halogenated alkanes) is 9. The van der Waals surface area contributed by atoms with Crippen molar-refractivity contribution in [2.75, 3.05) is 13.2 Å². The third kappa shape index (κ3) is 8.05. The van der Waals surface area contributed by atoms with E-state index in [1.807, 2.05) is 0 Å². The first-order valence-electron chi connectivity index (χ1n) is 10.5. The molecule has 0 saturated heterocycles. The van der Waals surface area contributed by atoms with Crippen molar-refractivity contribution in [3.8, 4) is 0 Å². The van der Waals surface area contributed by atoms with Crippen LogP contribution >= 0.6 is 0 Å². The molecule has 0 N–H and O–H groups in total. The number of ether oxygens (including phenoxy) is 1. The average molecular weight is 341 g/mol. The Labute approximate surface area is 154 Å². The van der Waals surface area contributed by atoms with E-state index in [0.29, 0.717) is 0 Å². The maximum Gasteiger partial charge on any atom is 0.0506 e. The largest absolute Gasteiger partial charge is 0.381 e. The number of fused-ring (bicyclic) bond motifs is 1. The van der Waals surface area contributed by atoms with E-state index in [9.17, 15) is 0 Å². The van der Waals surface area contributed by atoms with Gasteiger partial charge in [0.15, 0.2) is 0 Å². The molecule has 1 heteroatoms. The minimum absolute atomic E-state index is 0.839. The number of benzene rings is 2. The van der Waals surface area contributed by atoms with Gasteiger partial charge in [0.2, 0.25) is 0 Å². The SMILES string of the molecule is CCCCCCCCCCCCOCCc1cccc2ccccc12. The van der Waals surface area contributed by atoms with E-state index in [1.165, 1.54) is 80.5 Å². The summed E-state index contributed by atoms with van der Waals surface area (Å²) >= 11 is 0. The molecule has 138 valence electrons. The Morgan fingerprint density at radius 2 is 1.28 bits per heavy atom.